The number of carbonyl (C=O) groups excluding carboxylic acids is 3. The van der Waals surface area contributed by atoms with E-state index in [9.17, 15) is 14.4 Å². The molecule has 2 rings (SSSR count). The largest absolute Gasteiger partial charge is 0.462 e. The Morgan fingerprint density at radius 1 is 1.17 bits per heavy atom. The second-order valence-electron chi connectivity index (χ2n) is 5.93. The van der Waals surface area contributed by atoms with Crippen molar-refractivity contribution >= 4 is 17.5 Å². The Kier molecular flexibility index (Phi) is 5.48. The third kappa shape index (κ3) is 3.58. The normalized spacial score (nSPS) is 20.0. The highest BCUT2D eigenvalue weighted by Crippen LogP contribution is 2.41. The molecule has 1 aromatic carbocycles. The van der Waals surface area contributed by atoms with Crippen molar-refractivity contribution < 1.29 is 19.1 Å². The number of Topliss-reactive ketones (excluding diaryl/α,β-unsaturated/α-hetero) is 2. The molecule has 4 nitrogen and oxygen atoms in total. The van der Waals surface area contributed by atoms with Crippen LogP contribution < -0.4 is 0 Å². The summed E-state index contributed by atoms with van der Waals surface area (Å²) in [6, 6.07) is 8.75. The molecule has 0 N–H and O–H groups in total. The second kappa shape index (κ2) is 7.36. The van der Waals surface area contributed by atoms with Crippen LogP contribution in [-0.2, 0) is 14.3 Å². The SMILES string of the molecule is CCCCOC(=O)C1=CCC(C(C)=O)(C(=O)c2ccccc2)C1. The first-order valence-corrected chi connectivity index (χ1v) is 7.98. The zero-order valence-electron chi connectivity index (χ0n) is 13.6. The lowest BCUT2D eigenvalue weighted by molar-refractivity contribution is -0.139. The monoisotopic (exact) mass is 314 g/mol. The Hall–Kier alpha value is -2.23. The van der Waals surface area contributed by atoms with Crippen LogP contribution in [0.15, 0.2) is 42.0 Å². The van der Waals surface area contributed by atoms with E-state index in [-0.39, 0.29) is 24.4 Å². The average Bonchev–Trinajstić information content (AvgIpc) is 3.02. The fraction of sp³-hybridized carbons (Fsp3) is 0.421. The van der Waals surface area contributed by atoms with E-state index < -0.39 is 11.4 Å². The van der Waals surface area contributed by atoms with Crippen molar-refractivity contribution in [2.75, 3.05) is 6.61 Å². The lowest BCUT2D eigenvalue weighted by Crippen LogP contribution is -2.36. The fourth-order valence-electron chi connectivity index (χ4n) is 2.79. The maximum Gasteiger partial charge on any atom is 0.333 e. The summed E-state index contributed by atoms with van der Waals surface area (Å²) in [7, 11) is 0. The Morgan fingerprint density at radius 3 is 2.48 bits per heavy atom. The lowest BCUT2D eigenvalue weighted by Gasteiger charge is -2.24. The van der Waals surface area contributed by atoms with Gasteiger partial charge in [-0.3, -0.25) is 9.59 Å². The van der Waals surface area contributed by atoms with E-state index in [0.717, 1.165) is 12.8 Å². The molecule has 1 atom stereocenters. The Balaban J connectivity index is 2.15. The van der Waals surface area contributed by atoms with Gasteiger partial charge in [0, 0.05) is 11.1 Å². The van der Waals surface area contributed by atoms with Gasteiger partial charge in [-0.2, -0.15) is 0 Å². The van der Waals surface area contributed by atoms with Crippen LogP contribution in [-0.4, -0.2) is 24.1 Å². The highest BCUT2D eigenvalue weighted by molar-refractivity contribution is 6.15. The molecule has 0 heterocycles. The molecule has 0 saturated carbocycles. The van der Waals surface area contributed by atoms with Crippen LogP contribution in [0.3, 0.4) is 0 Å². The van der Waals surface area contributed by atoms with E-state index in [1.165, 1.54) is 6.92 Å². The van der Waals surface area contributed by atoms with Gasteiger partial charge in [0.15, 0.2) is 5.78 Å². The van der Waals surface area contributed by atoms with E-state index >= 15 is 0 Å². The summed E-state index contributed by atoms with van der Waals surface area (Å²) in [6.07, 6.45) is 3.81. The van der Waals surface area contributed by atoms with E-state index in [1.807, 2.05) is 13.0 Å². The molecule has 0 aliphatic heterocycles. The molecule has 0 spiro atoms. The van der Waals surface area contributed by atoms with Gasteiger partial charge in [-0.05, 0) is 26.2 Å². The number of benzene rings is 1. The molecule has 1 unspecified atom stereocenters. The van der Waals surface area contributed by atoms with Crippen molar-refractivity contribution in [3.05, 3.63) is 47.5 Å². The van der Waals surface area contributed by atoms with Crippen LogP contribution in [0.5, 0.6) is 0 Å². The first-order valence-electron chi connectivity index (χ1n) is 7.98. The van der Waals surface area contributed by atoms with Gasteiger partial charge in [0.1, 0.15) is 5.78 Å². The number of hydrogen-bond acceptors (Lipinski definition) is 4. The standard InChI is InChI=1S/C19H22O4/c1-3-4-12-23-18(22)16-10-11-19(13-16,14(2)20)17(21)15-8-6-5-7-9-15/h5-10H,3-4,11-13H2,1-2H3. The average molecular weight is 314 g/mol. The Bertz CT molecular complexity index is 630. The van der Waals surface area contributed by atoms with Gasteiger partial charge in [-0.15, -0.1) is 0 Å². The molecule has 0 saturated heterocycles. The quantitative estimate of drug-likeness (QED) is 0.334. The lowest BCUT2D eigenvalue weighted by atomic mass is 9.74. The number of esters is 1. The molecular weight excluding hydrogens is 292 g/mol. The Labute approximate surface area is 136 Å². The molecule has 0 bridgehead atoms. The topological polar surface area (TPSA) is 60.4 Å². The number of rotatable bonds is 7. The highest BCUT2D eigenvalue weighted by Gasteiger charge is 2.47. The molecule has 0 radical (unpaired) electrons. The number of ether oxygens (including phenoxy) is 1. The molecule has 0 aromatic heterocycles. The molecule has 0 amide bonds. The van der Waals surface area contributed by atoms with Gasteiger partial charge < -0.3 is 4.74 Å². The predicted octanol–water partition coefficient (Wildman–Crippen LogP) is 3.51. The summed E-state index contributed by atoms with van der Waals surface area (Å²) < 4.78 is 5.20. The minimum absolute atomic E-state index is 0.126. The number of unbranched alkanes of at least 4 members (excludes halogenated alkanes) is 1. The van der Waals surface area contributed by atoms with Crippen LogP contribution in [0.4, 0.5) is 0 Å². The van der Waals surface area contributed by atoms with Crippen LogP contribution in [0.1, 0.15) is 49.9 Å². The van der Waals surface area contributed by atoms with Crippen LogP contribution in [0, 0.1) is 5.41 Å². The minimum Gasteiger partial charge on any atom is -0.462 e. The first kappa shape index (κ1) is 17.1. The summed E-state index contributed by atoms with van der Waals surface area (Å²) >= 11 is 0. The van der Waals surface area contributed by atoms with Crippen molar-refractivity contribution in [1.29, 1.82) is 0 Å². The number of ketones is 2. The Morgan fingerprint density at radius 2 is 1.87 bits per heavy atom. The van der Waals surface area contributed by atoms with Gasteiger partial charge in [0.2, 0.25) is 0 Å². The second-order valence-corrected chi connectivity index (χ2v) is 5.93. The van der Waals surface area contributed by atoms with Crippen LogP contribution in [0.25, 0.3) is 0 Å². The summed E-state index contributed by atoms with van der Waals surface area (Å²) in [5, 5.41) is 0. The van der Waals surface area contributed by atoms with Gasteiger partial charge in [-0.1, -0.05) is 49.8 Å². The summed E-state index contributed by atoms with van der Waals surface area (Å²) in [6.45, 7) is 3.80. The van der Waals surface area contributed by atoms with Crippen molar-refractivity contribution in [2.45, 2.75) is 39.5 Å². The fourth-order valence-corrected chi connectivity index (χ4v) is 2.79. The number of allylic oxidation sites excluding steroid dienone is 1. The van der Waals surface area contributed by atoms with Gasteiger partial charge in [0.05, 0.1) is 12.0 Å². The number of carbonyl (C=O) groups is 3. The van der Waals surface area contributed by atoms with Gasteiger partial charge >= 0.3 is 5.97 Å². The van der Waals surface area contributed by atoms with E-state index in [1.54, 1.807) is 30.3 Å². The molecule has 122 valence electrons. The molecule has 23 heavy (non-hydrogen) atoms. The predicted molar refractivity (Wildman–Crippen MR) is 87.1 cm³/mol. The van der Waals surface area contributed by atoms with Crippen LogP contribution in [0.2, 0.25) is 0 Å². The maximum absolute atomic E-state index is 12.8. The summed E-state index contributed by atoms with van der Waals surface area (Å²) in [5.41, 5.74) is -0.238. The van der Waals surface area contributed by atoms with Crippen molar-refractivity contribution in [3.63, 3.8) is 0 Å². The third-order valence-corrected chi connectivity index (χ3v) is 4.33. The molecule has 1 aliphatic rings. The third-order valence-electron chi connectivity index (χ3n) is 4.33. The van der Waals surface area contributed by atoms with Gasteiger partial charge in [0.25, 0.3) is 0 Å². The van der Waals surface area contributed by atoms with E-state index in [2.05, 4.69) is 0 Å². The summed E-state index contributed by atoms with van der Waals surface area (Å²) in [4.78, 5) is 37.1. The maximum atomic E-state index is 12.8. The summed E-state index contributed by atoms with van der Waals surface area (Å²) in [5.74, 6) is -0.848. The van der Waals surface area contributed by atoms with Crippen molar-refractivity contribution in [1.82, 2.24) is 0 Å². The van der Waals surface area contributed by atoms with E-state index in [0.29, 0.717) is 17.7 Å². The van der Waals surface area contributed by atoms with E-state index in [4.69, 9.17) is 4.74 Å². The van der Waals surface area contributed by atoms with Crippen molar-refractivity contribution in [2.24, 2.45) is 5.41 Å². The van der Waals surface area contributed by atoms with Gasteiger partial charge in [-0.25, -0.2) is 4.79 Å². The van der Waals surface area contributed by atoms with Crippen molar-refractivity contribution in [3.8, 4) is 0 Å². The zero-order valence-corrected chi connectivity index (χ0v) is 13.6. The molecule has 1 aliphatic carbocycles. The molecule has 1 aromatic rings. The smallest absolute Gasteiger partial charge is 0.333 e. The molecular formula is C19H22O4. The van der Waals surface area contributed by atoms with Crippen LogP contribution >= 0.6 is 0 Å². The minimum atomic E-state index is -1.17. The molecule has 4 heteroatoms. The highest BCUT2D eigenvalue weighted by atomic mass is 16.5. The number of hydrogen-bond donors (Lipinski definition) is 0. The molecule has 0 fully saturated rings. The first-order chi connectivity index (χ1) is 11.0. The zero-order chi connectivity index (χ0) is 16.9.